The van der Waals surface area contributed by atoms with Crippen molar-refractivity contribution in [3.63, 3.8) is 0 Å². The molecule has 3 heterocycles. The molecule has 2 aromatic heterocycles. The fourth-order valence-electron chi connectivity index (χ4n) is 4.75. The molecule has 1 fully saturated rings. The van der Waals surface area contributed by atoms with E-state index in [2.05, 4.69) is 98.3 Å². The fraction of sp³-hybridized carbons (Fsp3) is 0.303. The Bertz CT molecular complexity index is 1380. The van der Waals surface area contributed by atoms with Gasteiger partial charge in [0.25, 0.3) is 0 Å². The molecule has 0 saturated carbocycles. The van der Waals surface area contributed by atoms with Gasteiger partial charge < -0.3 is 15.7 Å². The van der Waals surface area contributed by atoms with Crippen molar-refractivity contribution >= 4 is 5.97 Å². The number of rotatable bonds is 10. The van der Waals surface area contributed by atoms with E-state index in [-0.39, 0.29) is 0 Å². The van der Waals surface area contributed by atoms with Gasteiger partial charge in [-0.05, 0) is 60.3 Å². The number of hydrogen-bond acceptors (Lipinski definition) is 6. The first kappa shape index (κ1) is 31.8. The minimum absolute atomic E-state index is 0.595. The average Bonchev–Trinajstić information content (AvgIpc) is 3.02. The molecular formula is C33H36F3N5O2. The number of aromatic nitrogens is 2. The summed E-state index contributed by atoms with van der Waals surface area (Å²) in [5, 5.41) is 14.3. The molecule has 7 nitrogen and oxygen atoms in total. The van der Waals surface area contributed by atoms with Crippen molar-refractivity contribution in [2.24, 2.45) is 0 Å². The molecule has 0 amide bonds. The maximum Gasteiger partial charge on any atom is 0.490 e. The van der Waals surface area contributed by atoms with Crippen LogP contribution in [0.4, 0.5) is 13.2 Å². The lowest BCUT2D eigenvalue weighted by molar-refractivity contribution is -0.192. The summed E-state index contributed by atoms with van der Waals surface area (Å²) in [6.45, 7) is 5.89. The second-order valence-corrected chi connectivity index (χ2v) is 10.4. The van der Waals surface area contributed by atoms with Crippen LogP contribution in [0.25, 0.3) is 11.3 Å². The molecule has 3 N–H and O–H groups in total. The van der Waals surface area contributed by atoms with Crippen molar-refractivity contribution in [1.82, 2.24) is 25.5 Å². The summed E-state index contributed by atoms with van der Waals surface area (Å²) >= 11 is 0. The smallest absolute Gasteiger partial charge is 0.475 e. The molecule has 1 aliphatic heterocycles. The zero-order valence-corrected chi connectivity index (χ0v) is 23.8. The van der Waals surface area contributed by atoms with Crippen LogP contribution in [0.2, 0.25) is 0 Å². The number of pyridine rings is 2. The number of alkyl halides is 3. The molecule has 0 radical (unpaired) electrons. The highest BCUT2D eigenvalue weighted by atomic mass is 19.4. The molecule has 1 aliphatic rings. The second kappa shape index (κ2) is 15.9. The van der Waals surface area contributed by atoms with E-state index >= 15 is 0 Å². The van der Waals surface area contributed by atoms with Crippen LogP contribution >= 0.6 is 0 Å². The lowest BCUT2D eigenvalue weighted by Crippen LogP contribution is -2.41. The van der Waals surface area contributed by atoms with Crippen LogP contribution in [0.15, 0.2) is 97.5 Å². The van der Waals surface area contributed by atoms with E-state index in [1.807, 2.05) is 18.5 Å². The van der Waals surface area contributed by atoms with Gasteiger partial charge in [0.2, 0.25) is 0 Å². The lowest BCUT2D eigenvalue weighted by atomic mass is 10.0. The first-order valence-corrected chi connectivity index (χ1v) is 14.2. The van der Waals surface area contributed by atoms with E-state index in [9.17, 15) is 13.2 Å². The first-order valence-electron chi connectivity index (χ1n) is 14.2. The zero-order chi connectivity index (χ0) is 30.5. The SMILES string of the molecule is O=C(O)C(F)(F)F.c1ccc(CN2CCC(NCc3ccc(-c4ccc(CNCc5cccnc5)cn4)cc3)CC2)cc1. The van der Waals surface area contributed by atoms with Gasteiger partial charge in [-0.1, -0.05) is 66.7 Å². The van der Waals surface area contributed by atoms with Crippen molar-refractivity contribution in [3.05, 3.63) is 120 Å². The number of piperidine rings is 1. The number of nitrogens with one attached hydrogen (secondary N) is 2. The second-order valence-electron chi connectivity index (χ2n) is 10.4. The van der Waals surface area contributed by atoms with Crippen LogP contribution in [-0.4, -0.2) is 51.3 Å². The standard InChI is InChI=1S/C31H35N5.C2HF3O2/c1-2-5-26(6-3-1)24-36-17-14-30(15-18-36)34-22-25-8-11-29(12-9-25)31-13-10-28(23-35-31)21-33-20-27-7-4-16-32-19-27;3-2(4,5)1(6)7/h1-13,16,19,23,30,33-34H,14-15,17-18,20-22,24H2;(H,6,7). The van der Waals surface area contributed by atoms with E-state index < -0.39 is 12.1 Å². The first-order chi connectivity index (χ1) is 20.8. The topological polar surface area (TPSA) is 90.4 Å². The van der Waals surface area contributed by atoms with Gasteiger partial charge in [-0.3, -0.25) is 14.9 Å². The van der Waals surface area contributed by atoms with Crippen LogP contribution in [-0.2, 0) is 31.0 Å². The van der Waals surface area contributed by atoms with Gasteiger partial charge in [0, 0.05) is 56.4 Å². The highest BCUT2D eigenvalue weighted by Crippen LogP contribution is 2.19. The van der Waals surface area contributed by atoms with Gasteiger partial charge in [0.05, 0.1) is 5.69 Å². The Kier molecular flexibility index (Phi) is 11.8. The summed E-state index contributed by atoms with van der Waals surface area (Å²) in [4.78, 5) is 20.3. The molecule has 4 aromatic rings. The molecular weight excluding hydrogens is 555 g/mol. The van der Waals surface area contributed by atoms with E-state index in [4.69, 9.17) is 9.90 Å². The van der Waals surface area contributed by atoms with E-state index in [0.29, 0.717) is 6.04 Å². The van der Waals surface area contributed by atoms with E-state index in [0.717, 1.165) is 50.5 Å². The number of carboxylic acids is 1. The van der Waals surface area contributed by atoms with Crippen LogP contribution < -0.4 is 10.6 Å². The molecule has 10 heteroatoms. The monoisotopic (exact) mass is 591 g/mol. The maximum absolute atomic E-state index is 10.6. The number of likely N-dealkylation sites (tertiary alicyclic amines) is 1. The molecule has 0 atom stereocenters. The van der Waals surface area contributed by atoms with Crippen molar-refractivity contribution < 1.29 is 23.1 Å². The highest BCUT2D eigenvalue weighted by molar-refractivity contribution is 5.73. The number of aliphatic carboxylic acids is 1. The van der Waals surface area contributed by atoms with Gasteiger partial charge in [-0.2, -0.15) is 13.2 Å². The predicted octanol–water partition coefficient (Wildman–Crippen LogP) is 5.82. The summed E-state index contributed by atoms with van der Waals surface area (Å²) in [5.41, 5.74) is 7.26. The Labute approximate surface area is 249 Å². The molecule has 0 bridgehead atoms. The van der Waals surface area contributed by atoms with Crippen molar-refractivity contribution in [3.8, 4) is 11.3 Å². The van der Waals surface area contributed by atoms with E-state index in [1.165, 1.54) is 35.1 Å². The third-order valence-corrected chi connectivity index (χ3v) is 7.13. The number of nitrogens with zero attached hydrogens (tertiary/aromatic N) is 3. The number of carbonyl (C=O) groups is 1. The maximum atomic E-state index is 10.6. The Hall–Kier alpha value is -4.12. The number of hydrogen-bond donors (Lipinski definition) is 3. The Balaban J connectivity index is 0.000000541. The molecule has 5 rings (SSSR count). The Morgan fingerprint density at radius 3 is 2.02 bits per heavy atom. The average molecular weight is 592 g/mol. The van der Waals surface area contributed by atoms with E-state index in [1.54, 1.807) is 6.20 Å². The summed E-state index contributed by atoms with van der Waals surface area (Å²) in [6.07, 6.45) is 2.98. The summed E-state index contributed by atoms with van der Waals surface area (Å²) < 4.78 is 31.7. The van der Waals surface area contributed by atoms with Gasteiger partial charge in [0.1, 0.15) is 0 Å². The summed E-state index contributed by atoms with van der Waals surface area (Å²) in [7, 11) is 0. The third-order valence-electron chi connectivity index (χ3n) is 7.13. The molecule has 1 saturated heterocycles. The summed E-state index contributed by atoms with van der Waals surface area (Å²) in [6, 6.07) is 28.5. The molecule has 2 aromatic carbocycles. The molecule has 0 unspecified atom stereocenters. The van der Waals surface area contributed by atoms with Gasteiger partial charge in [-0.25, -0.2) is 4.79 Å². The van der Waals surface area contributed by atoms with Crippen LogP contribution in [0.1, 0.15) is 35.1 Å². The van der Waals surface area contributed by atoms with Gasteiger partial charge >= 0.3 is 12.1 Å². The fourth-order valence-corrected chi connectivity index (χ4v) is 4.75. The molecule has 226 valence electrons. The minimum Gasteiger partial charge on any atom is -0.475 e. The number of halogens is 3. The zero-order valence-electron chi connectivity index (χ0n) is 23.8. The highest BCUT2D eigenvalue weighted by Gasteiger charge is 2.38. The Morgan fingerprint density at radius 1 is 0.814 bits per heavy atom. The quantitative estimate of drug-likeness (QED) is 0.214. The molecule has 43 heavy (non-hydrogen) atoms. The van der Waals surface area contributed by atoms with Gasteiger partial charge in [-0.15, -0.1) is 0 Å². The Morgan fingerprint density at radius 2 is 1.44 bits per heavy atom. The van der Waals surface area contributed by atoms with Crippen LogP contribution in [0.5, 0.6) is 0 Å². The van der Waals surface area contributed by atoms with Crippen molar-refractivity contribution in [1.29, 1.82) is 0 Å². The predicted molar refractivity (Wildman–Crippen MR) is 160 cm³/mol. The molecule has 0 spiro atoms. The molecule has 0 aliphatic carbocycles. The van der Waals surface area contributed by atoms with Crippen molar-refractivity contribution in [2.45, 2.75) is 51.2 Å². The number of carboxylic acid groups (broad SMARTS) is 1. The van der Waals surface area contributed by atoms with Gasteiger partial charge in [0.15, 0.2) is 0 Å². The third kappa shape index (κ3) is 10.9. The number of benzene rings is 2. The van der Waals surface area contributed by atoms with Crippen LogP contribution in [0.3, 0.4) is 0 Å². The lowest BCUT2D eigenvalue weighted by Gasteiger charge is -2.32. The summed E-state index contributed by atoms with van der Waals surface area (Å²) in [5.74, 6) is -2.76. The minimum atomic E-state index is -5.08. The van der Waals surface area contributed by atoms with Crippen LogP contribution in [0, 0.1) is 0 Å². The van der Waals surface area contributed by atoms with Crippen molar-refractivity contribution in [2.75, 3.05) is 13.1 Å². The normalized spacial score (nSPS) is 14.1. The largest absolute Gasteiger partial charge is 0.490 e.